The van der Waals surface area contributed by atoms with E-state index in [9.17, 15) is 4.79 Å². The van der Waals surface area contributed by atoms with Gasteiger partial charge in [0.15, 0.2) is 5.69 Å². The molecule has 0 unspecified atom stereocenters. The summed E-state index contributed by atoms with van der Waals surface area (Å²) in [7, 11) is 0. The molecule has 1 aromatic rings. The van der Waals surface area contributed by atoms with Crippen molar-refractivity contribution in [3.63, 3.8) is 0 Å². The summed E-state index contributed by atoms with van der Waals surface area (Å²) in [4.78, 5) is 17.1. The molecule has 2 heterocycles. The monoisotopic (exact) mass is 220 g/mol. The van der Waals surface area contributed by atoms with E-state index in [1.54, 1.807) is 6.07 Å². The predicted molar refractivity (Wildman–Crippen MR) is 61.8 cm³/mol. The van der Waals surface area contributed by atoms with E-state index in [1.165, 1.54) is 6.20 Å². The van der Waals surface area contributed by atoms with Gasteiger partial charge in [-0.3, -0.25) is 0 Å². The average Bonchev–Trinajstić information content (AvgIpc) is 2.77. The van der Waals surface area contributed by atoms with Crippen LogP contribution in [0, 0.1) is 5.92 Å². The van der Waals surface area contributed by atoms with E-state index in [1.807, 2.05) is 6.07 Å². The average molecular weight is 220 g/mol. The molecule has 0 radical (unpaired) electrons. The van der Waals surface area contributed by atoms with Crippen molar-refractivity contribution in [2.24, 2.45) is 5.92 Å². The zero-order valence-corrected chi connectivity index (χ0v) is 9.39. The first-order chi connectivity index (χ1) is 7.72. The minimum atomic E-state index is -0.949. The van der Waals surface area contributed by atoms with Crippen LogP contribution >= 0.6 is 0 Å². The maximum absolute atomic E-state index is 11.0. The van der Waals surface area contributed by atoms with Crippen LogP contribution in [0.3, 0.4) is 0 Å². The van der Waals surface area contributed by atoms with Crippen molar-refractivity contribution < 1.29 is 9.90 Å². The number of anilines is 1. The van der Waals surface area contributed by atoms with Crippen LogP contribution in [-0.2, 0) is 0 Å². The van der Waals surface area contributed by atoms with E-state index >= 15 is 0 Å². The summed E-state index contributed by atoms with van der Waals surface area (Å²) < 4.78 is 0. The molecule has 0 bridgehead atoms. The largest absolute Gasteiger partial charge is 0.476 e. The molecular weight excluding hydrogens is 204 g/mol. The Balaban J connectivity index is 2.24. The molecule has 1 fully saturated rings. The van der Waals surface area contributed by atoms with E-state index in [-0.39, 0.29) is 5.69 Å². The van der Waals surface area contributed by atoms with E-state index in [2.05, 4.69) is 16.8 Å². The Morgan fingerprint density at radius 1 is 1.69 bits per heavy atom. The predicted octanol–water partition coefficient (Wildman–Crippen LogP) is 2.02. The summed E-state index contributed by atoms with van der Waals surface area (Å²) in [6, 6.07) is 3.63. The summed E-state index contributed by atoms with van der Waals surface area (Å²) in [6.45, 7) is 4.06. The number of rotatable bonds is 3. The minimum absolute atomic E-state index is 0.166. The van der Waals surface area contributed by atoms with Crippen LogP contribution < -0.4 is 4.90 Å². The number of hydrogen-bond donors (Lipinski definition) is 1. The van der Waals surface area contributed by atoms with Crippen molar-refractivity contribution in [3.05, 3.63) is 24.0 Å². The third-order valence-electron chi connectivity index (χ3n) is 3.19. The third kappa shape index (κ3) is 2.01. The van der Waals surface area contributed by atoms with Gasteiger partial charge in [-0.15, -0.1) is 0 Å². The standard InChI is InChI=1S/C12H16N2O2/c1-2-9-5-7-14(8-9)10-4-3-6-13-11(10)12(15)16/h3-4,6,9H,2,5,7-8H2,1H3,(H,15,16)/t9-/m0/s1. The molecule has 0 saturated carbocycles. The third-order valence-corrected chi connectivity index (χ3v) is 3.19. The number of carboxylic acid groups (broad SMARTS) is 1. The Labute approximate surface area is 94.9 Å². The zero-order valence-electron chi connectivity index (χ0n) is 9.39. The van der Waals surface area contributed by atoms with Gasteiger partial charge in [0.2, 0.25) is 0 Å². The molecule has 0 aliphatic carbocycles. The summed E-state index contributed by atoms with van der Waals surface area (Å²) >= 11 is 0. The van der Waals surface area contributed by atoms with Gasteiger partial charge in [0, 0.05) is 19.3 Å². The van der Waals surface area contributed by atoms with Crippen molar-refractivity contribution in [2.45, 2.75) is 19.8 Å². The number of pyridine rings is 1. The highest BCUT2D eigenvalue weighted by Crippen LogP contribution is 2.27. The fourth-order valence-electron chi connectivity index (χ4n) is 2.20. The molecule has 4 heteroatoms. The zero-order chi connectivity index (χ0) is 11.5. The maximum Gasteiger partial charge on any atom is 0.356 e. The molecule has 86 valence electrons. The summed E-state index contributed by atoms with van der Waals surface area (Å²) in [5.41, 5.74) is 0.921. The van der Waals surface area contributed by atoms with Crippen molar-refractivity contribution in [2.75, 3.05) is 18.0 Å². The van der Waals surface area contributed by atoms with Gasteiger partial charge < -0.3 is 10.0 Å². The van der Waals surface area contributed by atoms with Crippen molar-refractivity contribution in [3.8, 4) is 0 Å². The lowest BCUT2D eigenvalue weighted by Gasteiger charge is -2.19. The molecule has 1 aliphatic heterocycles. The first-order valence-corrected chi connectivity index (χ1v) is 5.65. The lowest BCUT2D eigenvalue weighted by atomic mass is 10.1. The highest BCUT2D eigenvalue weighted by molar-refractivity contribution is 5.92. The Morgan fingerprint density at radius 2 is 2.50 bits per heavy atom. The molecule has 0 spiro atoms. The van der Waals surface area contributed by atoms with Gasteiger partial charge in [-0.05, 0) is 24.5 Å². The van der Waals surface area contributed by atoms with Crippen LogP contribution in [-0.4, -0.2) is 29.1 Å². The van der Waals surface area contributed by atoms with Gasteiger partial charge in [-0.25, -0.2) is 9.78 Å². The van der Waals surface area contributed by atoms with Crippen molar-refractivity contribution in [1.29, 1.82) is 0 Å². The van der Waals surface area contributed by atoms with Gasteiger partial charge in [0.25, 0.3) is 0 Å². The topological polar surface area (TPSA) is 53.4 Å². The van der Waals surface area contributed by atoms with Crippen LogP contribution in [0.2, 0.25) is 0 Å². The van der Waals surface area contributed by atoms with E-state index in [4.69, 9.17) is 5.11 Å². The van der Waals surface area contributed by atoms with Crippen molar-refractivity contribution >= 4 is 11.7 Å². The quantitative estimate of drug-likeness (QED) is 0.846. The normalized spacial score (nSPS) is 20.1. The first kappa shape index (κ1) is 10.9. The second-order valence-corrected chi connectivity index (χ2v) is 4.19. The molecule has 1 aromatic heterocycles. The fraction of sp³-hybridized carbons (Fsp3) is 0.500. The van der Waals surface area contributed by atoms with Gasteiger partial charge in [-0.1, -0.05) is 13.3 Å². The summed E-state index contributed by atoms with van der Waals surface area (Å²) in [5, 5.41) is 9.06. The molecule has 16 heavy (non-hydrogen) atoms. The second kappa shape index (κ2) is 4.51. The minimum Gasteiger partial charge on any atom is -0.476 e. The highest BCUT2D eigenvalue weighted by Gasteiger charge is 2.24. The molecule has 4 nitrogen and oxygen atoms in total. The Kier molecular flexibility index (Phi) is 3.08. The Bertz CT molecular complexity index is 392. The van der Waals surface area contributed by atoms with Gasteiger partial charge in [-0.2, -0.15) is 0 Å². The number of aromatic nitrogens is 1. The molecule has 0 aromatic carbocycles. The van der Waals surface area contributed by atoms with Crippen molar-refractivity contribution in [1.82, 2.24) is 4.98 Å². The second-order valence-electron chi connectivity index (χ2n) is 4.19. The van der Waals surface area contributed by atoms with E-state index < -0.39 is 5.97 Å². The molecule has 1 aliphatic rings. The van der Waals surface area contributed by atoms with Crippen LogP contribution in [0.5, 0.6) is 0 Å². The number of nitrogens with zero attached hydrogens (tertiary/aromatic N) is 2. The van der Waals surface area contributed by atoms with Gasteiger partial charge in [0.1, 0.15) is 0 Å². The molecule has 0 amide bonds. The van der Waals surface area contributed by atoms with Crippen LogP contribution in [0.15, 0.2) is 18.3 Å². The maximum atomic E-state index is 11.0. The Morgan fingerprint density at radius 3 is 3.12 bits per heavy atom. The highest BCUT2D eigenvalue weighted by atomic mass is 16.4. The van der Waals surface area contributed by atoms with Gasteiger partial charge in [0.05, 0.1) is 5.69 Å². The van der Waals surface area contributed by atoms with Crippen LogP contribution in [0.1, 0.15) is 30.3 Å². The SMILES string of the molecule is CC[C@H]1CCN(c2cccnc2C(=O)O)C1. The Hall–Kier alpha value is -1.58. The number of carbonyl (C=O) groups is 1. The lowest BCUT2D eigenvalue weighted by Crippen LogP contribution is -2.22. The lowest BCUT2D eigenvalue weighted by molar-refractivity contribution is 0.0691. The van der Waals surface area contributed by atoms with Gasteiger partial charge >= 0.3 is 5.97 Å². The molecule has 1 N–H and O–H groups in total. The fourth-order valence-corrected chi connectivity index (χ4v) is 2.20. The van der Waals surface area contributed by atoms with E-state index in [0.717, 1.165) is 31.6 Å². The smallest absolute Gasteiger partial charge is 0.356 e. The van der Waals surface area contributed by atoms with Crippen LogP contribution in [0.4, 0.5) is 5.69 Å². The molecule has 1 atom stereocenters. The number of aromatic carboxylic acids is 1. The summed E-state index contributed by atoms with van der Waals surface area (Å²) in [6.07, 6.45) is 3.82. The van der Waals surface area contributed by atoms with E-state index in [0.29, 0.717) is 5.92 Å². The molecule has 2 rings (SSSR count). The molecular formula is C12H16N2O2. The first-order valence-electron chi connectivity index (χ1n) is 5.65. The number of carboxylic acids is 1. The number of hydrogen-bond acceptors (Lipinski definition) is 3. The summed E-state index contributed by atoms with van der Waals surface area (Å²) in [5.74, 6) is -0.266. The van der Waals surface area contributed by atoms with Crippen LogP contribution in [0.25, 0.3) is 0 Å². The molecule has 1 saturated heterocycles.